The van der Waals surface area contributed by atoms with Gasteiger partial charge in [-0.1, -0.05) is 18.2 Å². The van der Waals surface area contributed by atoms with Gasteiger partial charge in [0.1, 0.15) is 11.8 Å². The molecule has 1 fully saturated rings. The molecule has 2 aromatic heterocycles. The number of nitrogens with zero attached hydrogens (tertiary/aromatic N) is 3. The molecule has 0 saturated carbocycles. The maximum atomic E-state index is 10.5. The Hall–Kier alpha value is -2.85. The van der Waals surface area contributed by atoms with E-state index < -0.39 is 11.7 Å². The second-order valence-electron chi connectivity index (χ2n) is 7.18. The predicted octanol–water partition coefficient (Wildman–Crippen LogP) is 3.40. The van der Waals surface area contributed by atoms with Crippen molar-refractivity contribution in [2.75, 3.05) is 20.3 Å². The van der Waals surface area contributed by atoms with Crippen molar-refractivity contribution in [1.82, 2.24) is 9.97 Å². The molecule has 1 saturated heterocycles. The number of aliphatic hydroxyl groups excluding tert-OH is 1. The number of benzene rings is 1. The van der Waals surface area contributed by atoms with Crippen molar-refractivity contribution in [3.63, 3.8) is 0 Å². The molecule has 0 spiro atoms. The molecule has 142 valence electrons. The highest BCUT2D eigenvalue weighted by Gasteiger charge is 2.42. The molecule has 3 heterocycles. The van der Waals surface area contributed by atoms with Gasteiger partial charge in [-0.15, -0.1) is 0 Å². The van der Waals surface area contributed by atoms with E-state index in [1.807, 2.05) is 37.3 Å². The van der Waals surface area contributed by atoms with Gasteiger partial charge in [-0.3, -0.25) is 4.98 Å². The van der Waals surface area contributed by atoms with Crippen LogP contribution in [0.4, 0.5) is 0 Å². The average Bonchev–Trinajstić information content (AvgIpc) is 2.66. The maximum absolute atomic E-state index is 10.5. The van der Waals surface area contributed by atoms with Crippen LogP contribution in [0.15, 0.2) is 36.5 Å². The summed E-state index contributed by atoms with van der Waals surface area (Å²) in [6.45, 7) is 4.61. The van der Waals surface area contributed by atoms with Gasteiger partial charge < -0.3 is 14.6 Å². The summed E-state index contributed by atoms with van der Waals surface area (Å²) in [4.78, 5) is 9.11. The number of pyridine rings is 2. The molecule has 4 rings (SSSR count). The lowest BCUT2D eigenvalue weighted by Crippen LogP contribution is -2.48. The smallest absolute Gasteiger partial charge is 0.156 e. The van der Waals surface area contributed by atoms with E-state index in [1.54, 1.807) is 20.2 Å². The Morgan fingerprint density at radius 2 is 2.07 bits per heavy atom. The van der Waals surface area contributed by atoms with Crippen molar-refractivity contribution in [1.29, 1.82) is 5.26 Å². The molecular formula is C22H21N3O3. The van der Waals surface area contributed by atoms with Crippen molar-refractivity contribution in [2.45, 2.75) is 25.6 Å². The van der Waals surface area contributed by atoms with E-state index in [0.29, 0.717) is 29.9 Å². The molecule has 1 aliphatic heterocycles. The molecule has 1 aromatic carbocycles. The third kappa shape index (κ3) is 2.85. The van der Waals surface area contributed by atoms with Crippen LogP contribution in [0.3, 0.4) is 0 Å². The maximum Gasteiger partial charge on any atom is 0.156 e. The quantitative estimate of drug-likeness (QED) is 0.752. The summed E-state index contributed by atoms with van der Waals surface area (Å²) >= 11 is 0. The van der Waals surface area contributed by atoms with E-state index in [2.05, 4.69) is 16.0 Å². The predicted molar refractivity (Wildman–Crippen MR) is 105 cm³/mol. The number of hydrogen-bond acceptors (Lipinski definition) is 6. The van der Waals surface area contributed by atoms with E-state index in [0.717, 1.165) is 22.2 Å². The number of aliphatic hydroxyl groups is 1. The van der Waals surface area contributed by atoms with Gasteiger partial charge in [0.25, 0.3) is 0 Å². The van der Waals surface area contributed by atoms with Gasteiger partial charge in [0.05, 0.1) is 30.5 Å². The summed E-state index contributed by atoms with van der Waals surface area (Å²) in [6.07, 6.45) is 0.943. The van der Waals surface area contributed by atoms with Crippen molar-refractivity contribution in [3.05, 3.63) is 59.0 Å². The molecule has 0 radical (unpaired) electrons. The van der Waals surface area contributed by atoms with E-state index in [-0.39, 0.29) is 5.69 Å². The van der Waals surface area contributed by atoms with E-state index in [4.69, 9.17) is 9.47 Å². The van der Waals surface area contributed by atoms with Crippen LogP contribution in [-0.4, -0.2) is 35.4 Å². The third-order valence-corrected chi connectivity index (χ3v) is 5.29. The summed E-state index contributed by atoms with van der Waals surface area (Å²) in [5, 5.41) is 21.1. The molecule has 6 nitrogen and oxygen atoms in total. The standard InChI is InChI=1S/C22H21N3O3/c1-13-4-6-16-17(8-13)25-18(9-23)21(20(16)14(2)26)15-5-7-19(24-10-15)22(27-3)11-28-12-22/h4-8,10,14,26H,11-12H2,1-3H3. The fraction of sp³-hybridized carbons (Fsp3) is 0.318. The SMILES string of the molecule is COC1(c2ccc(-c3c(C#N)nc4cc(C)ccc4c3C(C)O)cn2)COC1. The Labute approximate surface area is 163 Å². The van der Waals surface area contributed by atoms with Crippen molar-refractivity contribution in [3.8, 4) is 17.2 Å². The summed E-state index contributed by atoms with van der Waals surface area (Å²) in [6, 6.07) is 11.8. The minimum atomic E-state index is -0.764. The minimum Gasteiger partial charge on any atom is -0.389 e. The summed E-state index contributed by atoms with van der Waals surface area (Å²) in [7, 11) is 1.65. The van der Waals surface area contributed by atoms with Gasteiger partial charge in [0.15, 0.2) is 5.60 Å². The molecule has 0 amide bonds. The first-order valence-electron chi connectivity index (χ1n) is 9.11. The van der Waals surface area contributed by atoms with E-state index in [9.17, 15) is 10.4 Å². The Morgan fingerprint density at radius 1 is 1.29 bits per heavy atom. The van der Waals surface area contributed by atoms with Gasteiger partial charge in [0, 0.05) is 35.4 Å². The lowest BCUT2D eigenvalue weighted by atomic mass is 9.91. The van der Waals surface area contributed by atoms with Crippen LogP contribution in [0.5, 0.6) is 0 Å². The van der Waals surface area contributed by atoms with Crippen LogP contribution in [0, 0.1) is 18.3 Å². The second-order valence-corrected chi connectivity index (χ2v) is 7.18. The highest BCUT2D eigenvalue weighted by Crippen LogP contribution is 2.37. The first-order valence-corrected chi connectivity index (χ1v) is 9.11. The first-order chi connectivity index (χ1) is 13.5. The van der Waals surface area contributed by atoms with Crippen LogP contribution >= 0.6 is 0 Å². The zero-order valence-electron chi connectivity index (χ0n) is 16.1. The van der Waals surface area contributed by atoms with Gasteiger partial charge in [-0.2, -0.15) is 5.26 Å². The molecule has 1 aliphatic rings. The Morgan fingerprint density at radius 3 is 2.61 bits per heavy atom. The minimum absolute atomic E-state index is 0.275. The number of ether oxygens (including phenoxy) is 2. The molecule has 1 unspecified atom stereocenters. The van der Waals surface area contributed by atoms with E-state index in [1.165, 1.54) is 0 Å². The van der Waals surface area contributed by atoms with Gasteiger partial charge in [0.2, 0.25) is 0 Å². The Bertz CT molecular complexity index is 1080. The molecule has 0 bridgehead atoms. The zero-order valence-corrected chi connectivity index (χ0v) is 16.1. The van der Waals surface area contributed by atoms with Crippen LogP contribution in [0.25, 0.3) is 22.0 Å². The highest BCUT2D eigenvalue weighted by molar-refractivity contribution is 5.91. The number of rotatable bonds is 4. The van der Waals surface area contributed by atoms with Crippen LogP contribution in [0.1, 0.15) is 35.5 Å². The molecular weight excluding hydrogens is 354 g/mol. The number of aromatic nitrogens is 2. The van der Waals surface area contributed by atoms with Crippen molar-refractivity contribution in [2.24, 2.45) is 0 Å². The van der Waals surface area contributed by atoms with Gasteiger partial charge >= 0.3 is 0 Å². The third-order valence-electron chi connectivity index (χ3n) is 5.29. The fourth-order valence-electron chi connectivity index (χ4n) is 3.68. The monoisotopic (exact) mass is 375 g/mol. The number of nitriles is 1. The van der Waals surface area contributed by atoms with Crippen LogP contribution < -0.4 is 0 Å². The fourth-order valence-corrected chi connectivity index (χ4v) is 3.68. The first kappa shape index (κ1) is 18.5. The normalized spacial score (nSPS) is 16.4. The molecule has 1 atom stereocenters. The van der Waals surface area contributed by atoms with Crippen LogP contribution in [0.2, 0.25) is 0 Å². The lowest BCUT2D eigenvalue weighted by molar-refractivity contribution is -0.204. The molecule has 0 aliphatic carbocycles. The molecule has 28 heavy (non-hydrogen) atoms. The number of fused-ring (bicyclic) bond motifs is 1. The molecule has 3 aromatic rings. The van der Waals surface area contributed by atoms with Crippen LogP contribution in [-0.2, 0) is 15.1 Å². The largest absolute Gasteiger partial charge is 0.389 e. The summed E-state index contributed by atoms with van der Waals surface area (Å²) in [5.74, 6) is 0. The Balaban J connectivity index is 1.91. The molecule has 1 N–H and O–H groups in total. The summed E-state index contributed by atoms with van der Waals surface area (Å²) in [5.41, 5.74) is 4.33. The number of aryl methyl sites for hydroxylation is 1. The topological polar surface area (TPSA) is 88.3 Å². The van der Waals surface area contributed by atoms with Gasteiger partial charge in [-0.05, 0) is 31.5 Å². The van der Waals surface area contributed by atoms with Crippen molar-refractivity contribution < 1.29 is 14.6 Å². The molecule has 6 heteroatoms. The van der Waals surface area contributed by atoms with Gasteiger partial charge in [-0.25, -0.2) is 4.98 Å². The number of hydrogen-bond donors (Lipinski definition) is 1. The zero-order chi connectivity index (χ0) is 19.9. The Kier molecular flexibility index (Phi) is 4.60. The van der Waals surface area contributed by atoms with E-state index >= 15 is 0 Å². The highest BCUT2D eigenvalue weighted by atomic mass is 16.6. The average molecular weight is 375 g/mol. The van der Waals surface area contributed by atoms with Crippen molar-refractivity contribution >= 4 is 10.9 Å². The number of methoxy groups -OCH3 is 1. The second kappa shape index (κ2) is 6.95. The summed E-state index contributed by atoms with van der Waals surface area (Å²) < 4.78 is 10.9. The lowest BCUT2D eigenvalue weighted by Gasteiger charge is -2.39.